The molecule has 0 aliphatic heterocycles. The van der Waals surface area contributed by atoms with E-state index >= 15 is 0 Å². The maximum absolute atomic E-state index is 14.6. The molecule has 4 aromatic carbocycles. The van der Waals surface area contributed by atoms with Gasteiger partial charge in [0.2, 0.25) is 11.8 Å². The van der Waals surface area contributed by atoms with Gasteiger partial charge in [0.1, 0.15) is 12.6 Å². The first-order chi connectivity index (χ1) is 21.2. The van der Waals surface area contributed by atoms with E-state index in [0.29, 0.717) is 21.8 Å². The summed E-state index contributed by atoms with van der Waals surface area (Å²) in [5.74, 6) is -0.869. The van der Waals surface area contributed by atoms with Crippen LogP contribution in [0.1, 0.15) is 43.0 Å². The van der Waals surface area contributed by atoms with Crippen molar-refractivity contribution in [1.29, 1.82) is 0 Å². The number of rotatable bonds is 11. The molecule has 0 aliphatic rings. The van der Waals surface area contributed by atoms with Crippen molar-refractivity contribution in [3.8, 4) is 0 Å². The summed E-state index contributed by atoms with van der Waals surface area (Å²) in [6.45, 7) is 8.84. The minimum atomic E-state index is -4.17. The fourth-order valence-electron chi connectivity index (χ4n) is 5.06. The maximum atomic E-state index is 14.6. The summed E-state index contributed by atoms with van der Waals surface area (Å²) in [5.41, 5.74) is 2.94. The molecule has 7 nitrogen and oxygen atoms in total. The Balaban J connectivity index is 1.84. The zero-order valence-corrected chi connectivity index (χ0v) is 27.9. The van der Waals surface area contributed by atoms with Crippen molar-refractivity contribution in [3.05, 3.63) is 130 Å². The van der Waals surface area contributed by atoms with E-state index in [2.05, 4.69) is 5.32 Å². The maximum Gasteiger partial charge on any atom is 0.264 e. The van der Waals surface area contributed by atoms with E-state index in [9.17, 15) is 18.0 Å². The van der Waals surface area contributed by atoms with Crippen LogP contribution in [0.15, 0.2) is 108 Å². The third-order valence-corrected chi connectivity index (χ3v) is 9.26. The van der Waals surface area contributed by atoms with E-state index in [4.69, 9.17) is 11.6 Å². The van der Waals surface area contributed by atoms with Crippen LogP contribution in [-0.2, 0) is 32.6 Å². The highest BCUT2D eigenvalue weighted by molar-refractivity contribution is 7.92. The van der Waals surface area contributed by atoms with Crippen LogP contribution in [0, 0.1) is 13.8 Å². The lowest BCUT2D eigenvalue weighted by atomic mass is 10.0. The zero-order valence-electron chi connectivity index (χ0n) is 26.3. The van der Waals surface area contributed by atoms with Crippen molar-refractivity contribution in [3.63, 3.8) is 0 Å². The fraction of sp³-hybridized carbons (Fsp3) is 0.278. The van der Waals surface area contributed by atoms with Gasteiger partial charge in [0, 0.05) is 23.5 Å². The lowest BCUT2D eigenvalue weighted by Gasteiger charge is -2.35. The molecular formula is C36H40ClN3O4S. The lowest BCUT2D eigenvalue weighted by Crippen LogP contribution is -2.56. The highest BCUT2D eigenvalue weighted by Crippen LogP contribution is 2.29. The average Bonchev–Trinajstić information content (AvgIpc) is 2.99. The number of amides is 2. The van der Waals surface area contributed by atoms with Gasteiger partial charge >= 0.3 is 0 Å². The molecule has 0 aliphatic carbocycles. The van der Waals surface area contributed by atoms with Gasteiger partial charge in [-0.2, -0.15) is 0 Å². The Bertz CT molecular complexity index is 1740. The first-order valence-electron chi connectivity index (χ1n) is 14.8. The molecule has 1 N–H and O–H groups in total. The number of carbonyl (C=O) groups is 2. The summed E-state index contributed by atoms with van der Waals surface area (Å²) in [6, 6.07) is 29.1. The van der Waals surface area contributed by atoms with Gasteiger partial charge < -0.3 is 10.2 Å². The second-order valence-electron chi connectivity index (χ2n) is 12.2. The molecule has 45 heavy (non-hydrogen) atoms. The number of hydrogen-bond acceptors (Lipinski definition) is 4. The Hall–Kier alpha value is -4.14. The Morgan fingerprint density at radius 1 is 0.822 bits per heavy atom. The molecule has 0 spiro atoms. The van der Waals surface area contributed by atoms with Crippen LogP contribution >= 0.6 is 11.6 Å². The summed E-state index contributed by atoms with van der Waals surface area (Å²) < 4.78 is 29.5. The zero-order chi connectivity index (χ0) is 32.8. The lowest BCUT2D eigenvalue weighted by molar-refractivity contribution is -0.140. The van der Waals surface area contributed by atoms with E-state index in [1.54, 1.807) is 42.5 Å². The number of benzene rings is 4. The monoisotopic (exact) mass is 645 g/mol. The first-order valence-corrected chi connectivity index (χ1v) is 16.6. The van der Waals surface area contributed by atoms with Gasteiger partial charge in [-0.05, 0) is 87.2 Å². The third-order valence-electron chi connectivity index (χ3n) is 7.25. The second kappa shape index (κ2) is 14.3. The number of anilines is 1. The van der Waals surface area contributed by atoms with Crippen LogP contribution in [0.25, 0.3) is 0 Å². The summed E-state index contributed by atoms with van der Waals surface area (Å²) in [7, 11) is -4.17. The molecule has 0 bridgehead atoms. The summed E-state index contributed by atoms with van der Waals surface area (Å²) in [5, 5.41) is 3.53. The molecule has 236 valence electrons. The van der Waals surface area contributed by atoms with Gasteiger partial charge in [-0.15, -0.1) is 0 Å². The van der Waals surface area contributed by atoms with Crippen LogP contribution < -0.4 is 9.62 Å². The van der Waals surface area contributed by atoms with Gasteiger partial charge in [-0.1, -0.05) is 84.4 Å². The van der Waals surface area contributed by atoms with Crippen molar-refractivity contribution in [2.45, 2.75) is 64.1 Å². The number of carbonyl (C=O) groups excluding carboxylic acids is 2. The molecule has 0 unspecified atom stereocenters. The summed E-state index contributed by atoms with van der Waals surface area (Å²) in [6.07, 6.45) is 0.226. The average molecular weight is 646 g/mol. The van der Waals surface area contributed by atoms with Gasteiger partial charge in [-0.3, -0.25) is 13.9 Å². The summed E-state index contributed by atoms with van der Waals surface area (Å²) in [4.78, 5) is 30.1. The molecule has 1 atom stereocenters. The number of nitrogens with zero attached hydrogens (tertiary/aromatic N) is 2. The minimum absolute atomic E-state index is 0.0421. The van der Waals surface area contributed by atoms with Crippen molar-refractivity contribution >= 4 is 39.1 Å². The Labute approximate surface area is 271 Å². The Morgan fingerprint density at radius 2 is 1.44 bits per heavy atom. The molecule has 0 saturated carbocycles. The predicted octanol–water partition coefficient (Wildman–Crippen LogP) is 6.71. The van der Waals surface area contributed by atoms with E-state index in [0.717, 1.165) is 15.4 Å². The Morgan fingerprint density at radius 3 is 2.07 bits per heavy atom. The largest absolute Gasteiger partial charge is 0.350 e. The molecule has 0 radical (unpaired) electrons. The molecule has 0 saturated heterocycles. The number of sulfonamides is 1. The van der Waals surface area contributed by atoms with Crippen LogP contribution in [0.2, 0.25) is 5.02 Å². The van der Waals surface area contributed by atoms with Crippen LogP contribution in [0.4, 0.5) is 5.69 Å². The van der Waals surface area contributed by atoms with Gasteiger partial charge in [0.05, 0.1) is 10.6 Å². The minimum Gasteiger partial charge on any atom is -0.350 e. The topological polar surface area (TPSA) is 86.8 Å². The molecular weight excluding hydrogens is 606 g/mol. The highest BCUT2D eigenvalue weighted by Gasteiger charge is 2.36. The quantitative estimate of drug-likeness (QED) is 0.197. The molecule has 4 aromatic rings. The SMILES string of the molecule is Cc1ccc(C)c(N(CC(=O)N(Cc2cccc(Cl)c2)[C@@H](Cc2ccccc2)C(=O)NC(C)(C)C)S(=O)(=O)c2ccccc2)c1. The number of halogens is 1. The molecule has 2 amide bonds. The number of aryl methyl sites for hydroxylation is 2. The van der Waals surface area contributed by atoms with E-state index < -0.39 is 34.1 Å². The van der Waals surface area contributed by atoms with Crippen LogP contribution in [0.3, 0.4) is 0 Å². The van der Waals surface area contributed by atoms with Gasteiger partial charge in [0.25, 0.3) is 10.0 Å². The predicted molar refractivity (Wildman–Crippen MR) is 181 cm³/mol. The molecule has 0 heterocycles. The molecule has 9 heteroatoms. The highest BCUT2D eigenvalue weighted by atomic mass is 35.5. The van der Waals surface area contributed by atoms with E-state index in [-0.39, 0.29) is 23.8 Å². The second-order valence-corrected chi connectivity index (χ2v) is 14.5. The van der Waals surface area contributed by atoms with Gasteiger partial charge in [-0.25, -0.2) is 8.42 Å². The van der Waals surface area contributed by atoms with Crippen molar-refractivity contribution in [2.75, 3.05) is 10.8 Å². The third kappa shape index (κ3) is 8.96. The van der Waals surface area contributed by atoms with Crippen molar-refractivity contribution in [1.82, 2.24) is 10.2 Å². The molecule has 0 aromatic heterocycles. The standard InChI is InChI=1S/C36H40ClN3O4S/c1-26-19-20-27(2)32(21-26)40(45(43,44)31-17-10-7-11-18-31)25-34(41)39(24-29-15-12-16-30(37)22-29)33(35(42)38-36(3,4)5)23-28-13-8-6-9-14-28/h6-22,33H,23-25H2,1-5H3,(H,38,42)/t33-/m0/s1. The fourth-order valence-corrected chi connectivity index (χ4v) is 6.76. The van der Waals surface area contributed by atoms with E-state index in [1.807, 2.05) is 83.1 Å². The molecule has 0 fully saturated rings. The number of nitrogens with one attached hydrogen (secondary N) is 1. The smallest absolute Gasteiger partial charge is 0.264 e. The van der Waals surface area contributed by atoms with E-state index in [1.165, 1.54) is 17.0 Å². The van der Waals surface area contributed by atoms with Crippen molar-refractivity contribution < 1.29 is 18.0 Å². The van der Waals surface area contributed by atoms with Crippen LogP contribution in [-0.4, -0.2) is 43.3 Å². The Kier molecular flexibility index (Phi) is 10.7. The number of hydrogen-bond donors (Lipinski definition) is 1. The molecule has 4 rings (SSSR count). The first kappa shape index (κ1) is 33.7. The van der Waals surface area contributed by atoms with Crippen molar-refractivity contribution in [2.24, 2.45) is 0 Å². The van der Waals surface area contributed by atoms with Gasteiger partial charge in [0.15, 0.2) is 0 Å². The normalized spacial score (nSPS) is 12.3. The summed E-state index contributed by atoms with van der Waals surface area (Å²) >= 11 is 6.32. The van der Waals surface area contributed by atoms with Crippen LogP contribution in [0.5, 0.6) is 0 Å².